The first-order chi connectivity index (χ1) is 15.6. The maximum Gasteiger partial charge on any atom is 0.338 e. The summed E-state index contributed by atoms with van der Waals surface area (Å²) in [4.78, 5) is 19.3. The van der Waals surface area contributed by atoms with E-state index in [0.717, 1.165) is 27.8 Å². The van der Waals surface area contributed by atoms with Gasteiger partial charge in [-0.3, -0.25) is 0 Å². The van der Waals surface area contributed by atoms with Crippen LogP contribution in [-0.4, -0.2) is 35.9 Å². The van der Waals surface area contributed by atoms with Crippen molar-refractivity contribution in [3.8, 4) is 11.5 Å². The van der Waals surface area contributed by atoms with Crippen molar-refractivity contribution >= 4 is 22.9 Å². The lowest BCUT2D eigenvalue weighted by Gasteiger charge is -2.33. The molecule has 0 unspecified atom stereocenters. The Hall–Kier alpha value is -3.19. The topological polar surface area (TPSA) is 60.4 Å². The van der Waals surface area contributed by atoms with Gasteiger partial charge in [-0.1, -0.05) is 42.1 Å². The van der Waals surface area contributed by atoms with Crippen molar-refractivity contribution in [1.29, 1.82) is 0 Å². The molecule has 2 heterocycles. The van der Waals surface area contributed by atoms with E-state index >= 15 is 0 Å². The van der Waals surface area contributed by atoms with Crippen LogP contribution in [0.3, 0.4) is 0 Å². The number of amidine groups is 1. The first-order valence-corrected chi connectivity index (χ1v) is 11.5. The molecule has 0 bridgehead atoms. The fourth-order valence-electron chi connectivity index (χ4n) is 3.67. The molecule has 0 fully saturated rings. The van der Waals surface area contributed by atoms with Gasteiger partial charge in [0, 0.05) is 6.20 Å². The summed E-state index contributed by atoms with van der Waals surface area (Å²) in [6, 6.07) is 15.4. The van der Waals surface area contributed by atoms with E-state index in [4.69, 9.17) is 14.2 Å². The van der Waals surface area contributed by atoms with Gasteiger partial charge < -0.3 is 19.1 Å². The number of fused-ring (bicyclic) bond motifs is 1. The lowest BCUT2D eigenvalue weighted by molar-refractivity contribution is -0.139. The van der Waals surface area contributed by atoms with Crippen LogP contribution >= 0.6 is 11.8 Å². The second-order valence-electron chi connectivity index (χ2n) is 7.36. The Morgan fingerprint density at radius 1 is 1.06 bits per heavy atom. The van der Waals surface area contributed by atoms with Crippen LogP contribution in [0.1, 0.15) is 31.0 Å². The second kappa shape index (κ2) is 9.96. The van der Waals surface area contributed by atoms with Gasteiger partial charge in [0.1, 0.15) is 24.7 Å². The number of nitrogens with zero attached hydrogens (tertiary/aromatic N) is 2. The van der Waals surface area contributed by atoms with Gasteiger partial charge in [0.25, 0.3) is 0 Å². The minimum absolute atomic E-state index is 0.286. The van der Waals surface area contributed by atoms with Gasteiger partial charge in [0.15, 0.2) is 5.17 Å². The summed E-state index contributed by atoms with van der Waals surface area (Å²) in [6.45, 7) is 6.90. The maximum atomic E-state index is 12.7. The van der Waals surface area contributed by atoms with Crippen molar-refractivity contribution in [1.82, 2.24) is 4.90 Å². The van der Waals surface area contributed by atoms with Gasteiger partial charge in [0.2, 0.25) is 0 Å². The number of hydrogen-bond donors (Lipinski definition) is 0. The molecule has 2 aromatic rings. The molecule has 2 aliphatic rings. The molecule has 166 valence electrons. The molecular weight excluding hydrogens is 424 g/mol. The highest BCUT2D eigenvalue weighted by atomic mass is 32.2. The molecule has 32 heavy (non-hydrogen) atoms. The Bertz CT molecular complexity index is 1080. The highest BCUT2D eigenvalue weighted by molar-refractivity contribution is 8.16. The predicted molar refractivity (Wildman–Crippen MR) is 127 cm³/mol. The van der Waals surface area contributed by atoms with Crippen molar-refractivity contribution in [3.63, 3.8) is 0 Å². The standard InChI is InChI=1S/C25H26N2O4S/c1-4-29-24(28)22-18(3)26-25-27(13-16-32-25)23(22)19-9-11-20(12-10-19)30-14-15-31-21-8-6-5-7-17(21)2/h5-13,16,23H,4,14-15H2,1-3H3/t23-/m1/s1. The largest absolute Gasteiger partial charge is 0.490 e. The molecule has 0 radical (unpaired) electrons. The zero-order chi connectivity index (χ0) is 22.5. The summed E-state index contributed by atoms with van der Waals surface area (Å²) in [5, 5.41) is 2.83. The third-order valence-corrected chi connectivity index (χ3v) is 5.99. The fourth-order valence-corrected chi connectivity index (χ4v) is 4.47. The van der Waals surface area contributed by atoms with E-state index in [1.165, 1.54) is 0 Å². The van der Waals surface area contributed by atoms with Crippen LogP contribution in [-0.2, 0) is 9.53 Å². The molecule has 1 atom stereocenters. The summed E-state index contributed by atoms with van der Waals surface area (Å²) in [7, 11) is 0. The van der Waals surface area contributed by atoms with E-state index in [0.29, 0.717) is 31.1 Å². The molecule has 0 amide bonds. The van der Waals surface area contributed by atoms with Gasteiger partial charge in [-0.25, -0.2) is 9.79 Å². The molecule has 4 rings (SSSR count). The van der Waals surface area contributed by atoms with Crippen LogP contribution in [0.5, 0.6) is 11.5 Å². The predicted octanol–water partition coefficient (Wildman–Crippen LogP) is 5.22. The zero-order valence-corrected chi connectivity index (χ0v) is 19.2. The van der Waals surface area contributed by atoms with Gasteiger partial charge in [-0.15, -0.1) is 0 Å². The molecule has 0 aromatic heterocycles. The molecule has 7 heteroatoms. The summed E-state index contributed by atoms with van der Waals surface area (Å²) >= 11 is 1.54. The first kappa shape index (κ1) is 22.0. The molecule has 2 aliphatic heterocycles. The number of ether oxygens (including phenoxy) is 3. The monoisotopic (exact) mass is 450 g/mol. The number of carbonyl (C=O) groups is 1. The Kier molecular flexibility index (Phi) is 6.85. The first-order valence-electron chi connectivity index (χ1n) is 10.6. The zero-order valence-electron chi connectivity index (χ0n) is 18.4. The number of aryl methyl sites for hydroxylation is 1. The average molecular weight is 451 g/mol. The number of benzene rings is 2. The summed E-state index contributed by atoms with van der Waals surface area (Å²) in [5.41, 5.74) is 3.31. The van der Waals surface area contributed by atoms with Gasteiger partial charge in [-0.05, 0) is 55.5 Å². The van der Waals surface area contributed by atoms with Crippen molar-refractivity contribution in [3.05, 3.63) is 82.5 Å². The number of allylic oxidation sites excluding steroid dienone is 1. The van der Waals surface area contributed by atoms with Crippen LogP contribution in [0, 0.1) is 6.92 Å². The minimum atomic E-state index is -0.336. The van der Waals surface area contributed by atoms with Crippen LogP contribution in [0.2, 0.25) is 0 Å². The molecule has 0 N–H and O–H groups in total. The summed E-state index contributed by atoms with van der Waals surface area (Å²) in [6.07, 6.45) is 1.95. The van der Waals surface area contributed by atoms with E-state index in [1.807, 2.05) is 78.9 Å². The number of rotatable bonds is 8. The van der Waals surface area contributed by atoms with Crippen molar-refractivity contribution in [2.75, 3.05) is 19.8 Å². The van der Waals surface area contributed by atoms with E-state index in [9.17, 15) is 4.79 Å². The van der Waals surface area contributed by atoms with Crippen molar-refractivity contribution in [2.45, 2.75) is 26.8 Å². The smallest absolute Gasteiger partial charge is 0.338 e. The van der Waals surface area contributed by atoms with Crippen molar-refractivity contribution in [2.24, 2.45) is 4.99 Å². The van der Waals surface area contributed by atoms with Gasteiger partial charge >= 0.3 is 5.97 Å². The van der Waals surface area contributed by atoms with E-state index in [2.05, 4.69) is 4.99 Å². The highest BCUT2D eigenvalue weighted by Gasteiger charge is 2.37. The van der Waals surface area contributed by atoms with Crippen LogP contribution in [0.4, 0.5) is 0 Å². The number of para-hydroxylation sites is 1. The van der Waals surface area contributed by atoms with Gasteiger partial charge in [-0.2, -0.15) is 0 Å². The molecule has 2 aromatic carbocycles. The van der Waals surface area contributed by atoms with Crippen LogP contribution in [0.15, 0.2) is 76.4 Å². The molecular formula is C25H26N2O4S. The third kappa shape index (κ3) is 4.67. The fraction of sp³-hybridized carbons (Fsp3) is 0.280. The Morgan fingerprint density at radius 3 is 2.56 bits per heavy atom. The third-order valence-electron chi connectivity index (χ3n) is 5.21. The number of thioether (sulfide) groups is 1. The van der Waals surface area contributed by atoms with Gasteiger partial charge in [0.05, 0.1) is 23.9 Å². The Balaban J connectivity index is 1.45. The quantitative estimate of drug-likeness (QED) is 0.406. The summed E-state index contributed by atoms with van der Waals surface area (Å²) < 4.78 is 17.0. The summed E-state index contributed by atoms with van der Waals surface area (Å²) in [5.74, 6) is 1.28. The normalized spacial score (nSPS) is 17.2. The van der Waals surface area contributed by atoms with Crippen molar-refractivity contribution < 1.29 is 19.0 Å². The molecule has 0 spiro atoms. The molecule has 0 saturated carbocycles. The van der Waals surface area contributed by atoms with Crippen LogP contribution in [0.25, 0.3) is 0 Å². The average Bonchev–Trinajstić information content (AvgIpc) is 3.25. The lowest BCUT2D eigenvalue weighted by Crippen LogP contribution is -2.34. The molecule has 0 aliphatic carbocycles. The van der Waals surface area contributed by atoms with E-state index < -0.39 is 0 Å². The SMILES string of the molecule is CCOC(=O)C1=C(C)N=C2SC=CN2[C@@H]1c1ccc(OCCOc2ccccc2C)cc1. The highest BCUT2D eigenvalue weighted by Crippen LogP contribution is 2.41. The number of carbonyl (C=O) groups excluding carboxylic acids is 1. The molecule has 6 nitrogen and oxygen atoms in total. The van der Waals surface area contributed by atoms with E-state index in [-0.39, 0.29) is 12.0 Å². The lowest BCUT2D eigenvalue weighted by atomic mass is 9.95. The van der Waals surface area contributed by atoms with E-state index in [1.54, 1.807) is 18.7 Å². The second-order valence-corrected chi connectivity index (χ2v) is 8.23. The Morgan fingerprint density at radius 2 is 1.81 bits per heavy atom. The molecule has 0 saturated heterocycles. The number of hydrogen-bond acceptors (Lipinski definition) is 7. The van der Waals surface area contributed by atoms with Crippen LogP contribution < -0.4 is 9.47 Å². The number of aliphatic imine (C=N–C) groups is 1. The maximum absolute atomic E-state index is 12.7. The minimum Gasteiger partial charge on any atom is -0.490 e. The number of esters is 1. The Labute approximate surface area is 192 Å².